The molecule has 2 aromatic carbocycles. The van der Waals surface area contributed by atoms with Crippen LogP contribution in [0.25, 0.3) is 15.9 Å². The Morgan fingerprint density at radius 1 is 1.15 bits per heavy atom. The van der Waals surface area contributed by atoms with Crippen molar-refractivity contribution in [3.63, 3.8) is 0 Å². The third-order valence-electron chi connectivity index (χ3n) is 5.08. The molecular formula is C23H18ClN3O5S. The van der Waals surface area contributed by atoms with Gasteiger partial charge in [-0.3, -0.25) is 4.79 Å². The first kappa shape index (κ1) is 21.3. The summed E-state index contributed by atoms with van der Waals surface area (Å²) in [6.07, 6.45) is 0. The molecule has 0 unspecified atom stereocenters. The zero-order valence-electron chi connectivity index (χ0n) is 17.5. The summed E-state index contributed by atoms with van der Waals surface area (Å²) in [6, 6.07) is 14.4. The molecule has 0 atom stereocenters. The summed E-state index contributed by atoms with van der Waals surface area (Å²) in [6.45, 7) is 1.97. The maximum absolute atomic E-state index is 12.6. The second-order valence-electron chi connectivity index (χ2n) is 7.34. The van der Waals surface area contributed by atoms with Crippen molar-refractivity contribution in [1.82, 2.24) is 15.1 Å². The fraction of sp³-hybridized carbons (Fsp3) is 0.174. The number of thiophene rings is 1. The van der Waals surface area contributed by atoms with E-state index in [-0.39, 0.29) is 19.9 Å². The highest BCUT2D eigenvalue weighted by atomic mass is 35.5. The number of ether oxygens (including phenoxy) is 3. The van der Waals surface area contributed by atoms with Gasteiger partial charge >= 0.3 is 5.97 Å². The number of carbonyl (C=O) groups is 2. The number of nitrogens with zero attached hydrogens (tertiary/aromatic N) is 2. The van der Waals surface area contributed by atoms with Gasteiger partial charge in [0.05, 0.1) is 11.4 Å². The molecule has 1 N–H and O–H groups in total. The number of carbonyl (C=O) groups excluding carboxylic acids is 2. The number of esters is 1. The second kappa shape index (κ2) is 8.76. The Balaban J connectivity index is 1.21. The first-order chi connectivity index (χ1) is 16.0. The number of fused-ring (bicyclic) bond motifs is 2. The van der Waals surface area contributed by atoms with E-state index >= 15 is 0 Å². The van der Waals surface area contributed by atoms with Crippen molar-refractivity contribution >= 4 is 45.0 Å². The van der Waals surface area contributed by atoms with Crippen LogP contribution in [0, 0.1) is 6.92 Å². The molecule has 168 valence electrons. The highest BCUT2D eigenvalue weighted by molar-refractivity contribution is 7.20. The average Bonchev–Trinajstić information content (AvgIpc) is 3.53. The molecule has 0 aliphatic carbocycles. The Hall–Kier alpha value is -3.56. The third kappa shape index (κ3) is 4.37. The Morgan fingerprint density at radius 3 is 2.76 bits per heavy atom. The van der Waals surface area contributed by atoms with E-state index in [0.717, 1.165) is 27.2 Å². The minimum absolute atomic E-state index is 0.191. The lowest BCUT2D eigenvalue weighted by Gasteiger charge is -2.07. The topological polar surface area (TPSA) is 91.7 Å². The number of halogens is 1. The van der Waals surface area contributed by atoms with Crippen molar-refractivity contribution in [3.05, 3.63) is 69.7 Å². The van der Waals surface area contributed by atoms with Gasteiger partial charge in [0.2, 0.25) is 6.79 Å². The molecule has 3 heterocycles. The van der Waals surface area contributed by atoms with Crippen LogP contribution in [-0.2, 0) is 16.1 Å². The van der Waals surface area contributed by atoms with E-state index in [9.17, 15) is 9.59 Å². The molecule has 8 nitrogen and oxygen atoms in total. The van der Waals surface area contributed by atoms with Crippen LogP contribution < -0.4 is 14.8 Å². The summed E-state index contributed by atoms with van der Waals surface area (Å²) in [5.41, 5.74) is 2.48. The van der Waals surface area contributed by atoms with Crippen molar-refractivity contribution in [2.24, 2.45) is 0 Å². The summed E-state index contributed by atoms with van der Waals surface area (Å²) in [5.74, 6) is 0.365. The Labute approximate surface area is 197 Å². The van der Waals surface area contributed by atoms with Crippen LogP contribution in [0.1, 0.15) is 20.9 Å². The smallest absolute Gasteiger partial charge is 0.348 e. The molecule has 0 saturated carbocycles. The van der Waals surface area contributed by atoms with Gasteiger partial charge in [-0.1, -0.05) is 17.7 Å². The molecule has 0 radical (unpaired) electrons. The van der Waals surface area contributed by atoms with Gasteiger partial charge in [-0.25, -0.2) is 9.48 Å². The zero-order valence-corrected chi connectivity index (χ0v) is 19.0. The quantitative estimate of drug-likeness (QED) is 0.412. The van der Waals surface area contributed by atoms with Crippen LogP contribution in [0.3, 0.4) is 0 Å². The van der Waals surface area contributed by atoms with Crippen LogP contribution in [0.15, 0.2) is 48.5 Å². The molecule has 0 saturated heterocycles. The Bertz CT molecular complexity index is 1360. The summed E-state index contributed by atoms with van der Waals surface area (Å²) < 4.78 is 17.6. The maximum atomic E-state index is 12.6. The number of nitrogens with one attached hydrogen (secondary N) is 1. The van der Waals surface area contributed by atoms with Crippen molar-refractivity contribution in [2.75, 3.05) is 13.4 Å². The number of aryl methyl sites for hydroxylation is 1. The molecule has 0 bridgehead atoms. The highest BCUT2D eigenvalue weighted by Gasteiger charge is 2.19. The van der Waals surface area contributed by atoms with E-state index in [1.807, 2.05) is 25.1 Å². The predicted molar refractivity (Wildman–Crippen MR) is 123 cm³/mol. The number of amides is 1. The molecule has 0 spiro atoms. The summed E-state index contributed by atoms with van der Waals surface area (Å²) in [5, 5.41) is 8.77. The van der Waals surface area contributed by atoms with Gasteiger partial charge in [-0.05, 0) is 55.0 Å². The van der Waals surface area contributed by atoms with Crippen molar-refractivity contribution in [2.45, 2.75) is 13.5 Å². The minimum Gasteiger partial charge on any atom is -0.454 e. The van der Waals surface area contributed by atoms with Gasteiger partial charge in [-0.2, -0.15) is 5.10 Å². The van der Waals surface area contributed by atoms with Gasteiger partial charge in [-0.15, -0.1) is 11.3 Å². The minimum atomic E-state index is -0.559. The van der Waals surface area contributed by atoms with Crippen LogP contribution in [0.5, 0.6) is 11.5 Å². The molecule has 5 rings (SSSR count). The van der Waals surface area contributed by atoms with Gasteiger partial charge in [0.25, 0.3) is 5.91 Å². The fourth-order valence-electron chi connectivity index (χ4n) is 3.41. The normalized spacial score (nSPS) is 12.2. The van der Waals surface area contributed by atoms with E-state index in [1.165, 1.54) is 11.3 Å². The van der Waals surface area contributed by atoms with Gasteiger partial charge in [0.15, 0.2) is 18.1 Å². The largest absolute Gasteiger partial charge is 0.454 e. The van der Waals surface area contributed by atoms with Gasteiger partial charge in [0, 0.05) is 17.0 Å². The van der Waals surface area contributed by atoms with E-state index in [2.05, 4.69) is 10.4 Å². The van der Waals surface area contributed by atoms with Crippen molar-refractivity contribution in [1.29, 1.82) is 0 Å². The summed E-state index contributed by atoms with van der Waals surface area (Å²) in [4.78, 5) is 25.9. The molecule has 10 heteroatoms. The highest BCUT2D eigenvalue weighted by Crippen LogP contribution is 2.33. The number of hydrogen-bond acceptors (Lipinski definition) is 7. The molecule has 2 aromatic heterocycles. The lowest BCUT2D eigenvalue weighted by molar-refractivity contribution is -0.124. The first-order valence-electron chi connectivity index (χ1n) is 10.1. The Kier molecular flexibility index (Phi) is 5.65. The lowest BCUT2D eigenvalue weighted by Crippen LogP contribution is -2.28. The van der Waals surface area contributed by atoms with Crippen LogP contribution in [0.2, 0.25) is 5.02 Å². The van der Waals surface area contributed by atoms with Crippen LogP contribution in [-0.4, -0.2) is 35.1 Å². The molecule has 0 fully saturated rings. The number of hydrogen-bond donors (Lipinski definition) is 1. The SMILES string of the molecule is Cc1nn(-c2ccc(Cl)cc2)c2sc(C(=O)OCC(=O)NCc3ccc4c(c3)OCO4)cc12. The summed E-state index contributed by atoms with van der Waals surface area (Å²) >= 11 is 7.24. The standard InChI is InChI=1S/C23H18ClN3O5S/c1-13-17-9-20(33-22(17)27(26-13)16-5-3-15(24)4-6-16)23(29)30-11-21(28)25-10-14-2-7-18-19(8-14)32-12-31-18/h2-9H,10-12H2,1H3,(H,25,28). The fourth-order valence-corrected chi connectivity index (χ4v) is 4.61. The predicted octanol–water partition coefficient (Wildman–Crippen LogP) is 4.25. The lowest BCUT2D eigenvalue weighted by atomic mass is 10.2. The molecule has 33 heavy (non-hydrogen) atoms. The molecule has 1 aliphatic rings. The van der Waals surface area contributed by atoms with E-state index in [1.54, 1.807) is 35.0 Å². The Morgan fingerprint density at radius 2 is 1.94 bits per heavy atom. The van der Waals surface area contributed by atoms with Crippen LogP contribution in [0.4, 0.5) is 0 Å². The van der Waals surface area contributed by atoms with E-state index < -0.39 is 11.9 Å². The molecular weight excluding hydrogens is 466 g/mol. The first-order valence-corrected chi connectivity index (χ1v) is 11.2. The molecule has 1 amide bonds. The zero-order chi connectivity index (χ0) is 22.9. The van der Waals surface area contributed by atoms with E-state index in [4.69, 9.17) is 25.8 Å². The van der Waals surface area contributed by atoms with Gasteiger partial charge in [0.1, 0.15) is 9.71 Å². The average molecular weight is 484 g/mol. The second-order valence-corrected chi connectivity index (χ2v) is 8.81. The van der Waals surface area contributed by atoms with Gasteiger partial charge < -0.3 is 19.5 Å². The summed E-state index contributed by atoms with van der Waals surface area (Å²) in [7, 11) is 0. The number of rotatable bonds is 6. The number of aromatic nitrogens is 2. The maximum Gasteiger partial charge on any atom is 0.348 e. The molecule has 4 aromatic rings. The molecule has 1 aliphatic heterocycles. The third-order valence-corrected chi connectivity index (χ3v) is 6.42. The van der Waals surface area contributed by atoms with Crippen molar-refractivity contribution < 1.29 is 23.8 Å². The van der Waals surface area contributed by atoms with Crippen molar-refractivity contribution in [3.8, 4) is 17.2 Å². The van der Waals surface area contributed by atoms with Crippen LogP contribution >= 0.6 is 22.9 Å². The van der Waals surface area contributed by atoms with E-state index in [0.29, 0.717) is 21.4 Å². The monoisotopic (exact) mass is 483 g/mol. The number of benzene rings is 2.